The van der Waals surface area contributed by atoms with E-state index < -0.39 is 23.8 Å². The number of carbonyl (C=O) groups is 1. The van der Waals surface area contributed by atoms with E-state index in [2.05, 4.69) is 10.6 Å². The minimum atomic E-state index is -4.39. The van der Waals surface area contributed by atoms with Crippen LogP contribution in [0.1, 0.15) is 37.9 Å². The van der Waals surface area contributed by atoms with Crippen LogP contribution in [-0.4, -0.2) is 6.03 Å². The lowest BCUT2D eigenvalue weighted by molar-refractivity contribution is -0.137. The highest BCUT2D eigenvalue weighted by Crippen LogP contribution is 2.41. The molecule has 0 saturated carbocycles. The monoisotopic (exact) mass is 272 g/mol. The van der Waals surface area contributed by atoms with Crippen molar-refractivity contribution in [1.82, 2.24) is 5.32 Å². The van der Waals surface area contributed by atoms with Gasteiger partial charge in [-0.2, -0.15) is 13.2 Å². The van der Waals surface area contributed by atoms with Crippen LogP contribution in [0.2, 0.25) is 0 Å². The molecule has 3 nitrogen and oxygen atoms in total. The maximum absolute atomic E-state index is 12.8. The van der Waals surface area contributed by atoms with Gasteiger partial charge in [0.05, 0.1) is 11.6 Å². The molecule has 2 amide bonds. The number of fused-ring (bicyclic) bond motifs is 1. The number of nitrogens with one attached hydrogen (secondary N) is 2. The quantitative estimate of drug-likeness (QED) is 0.738. The molecule has 0 aliphatic carbocycles. The predicted octanol–water partition coefficient (Wildman–Crippen LogP) is 3.93. The van der Waals surface area contributed by atoms with Crippen LogP contribution >= 0.6 is 0 Å². The van der Waals surface area contributed by atoms with Crippen LogP contribution < -0.4 is 10.6 Å². The average molecular weight is 272 g/mol. The van der Waals surface area contributed by atoms with Gasteiger partial charge < -0.3 is 10.6 Å². The molecule has 104 valence electrons. The Morgan fingerprint density at radius 2 is 1.79 bits per heavy atom. The van der Waals surface area contributed by atoms with E-state index in [1.165, 1.54) is 6.07 Å². The Balaban J connectivity index is 2.54. The molecule has 19 heavy (non-hydrogen) atoms. The fourth-order valence-electron chi connectivity index (χ4n) is 2.14. The summed E-state index contributed by atoms with van der Waals surface area (Å²) in [4.78, 5) is 11.5. The molecule has 2 N–H and O–H groups in total. The van der Waals surface area contributed by atoms with Crippen LogP contribution in [0.4, 0.5) is 23.7 Å². The van der Waals surface area contributed by atoms with E-state index in [0.29, 0.717) is 11.3 Å². The van der Waals surface area contributed by atoms with Crippen molar-refractivity contribution in [3.63, 3.8) is 0 Å². The number of hydrogen-bond donors (Lipinski definition) is 2. The molecule has 1 aromatic rings. The van der Waals surface area contributed by atoms with Crippen LogP contribution in [0, 0.1) is 5.41 Å². The molecule has 1 aliphatic heterocycles. The first kappa shape index (κ1) is 13.7. The van der Waals surface area contributed by atoms with E-state index in [1.54, 1.807) is 0 Å². The van der Waals surface area contributed by atoms with Crippen molar-refractivity contribution < 1.29 is 18.0 Å². The van der Waals surface area contributed by atoms with E-state index in [4.69, 9.17) is 0 Å². The number of carbonyl (C=O) groups excluding carboxylic acids is 1. The number of anilines is 1. The lowest BCUT2D eigenvalue weighted by Crippen LogP contribution is -2.43. The van der Waals surface area contributed by atoms with Gasteiger partial charge in [-0.25, -0.2) is 4.79 Å². The molecular formula is C13H15F3N2O. The van der Waals surface area contributed by atoms with Crippen LogP contribution in [0.5, 0.6) is 0 Å². The Morgan fingerprint density at radius 1 is 1.16 bits per heavy atom. The molecule has 1 unspecified atom stereocenters. The highest BCUT2D eigenvalue weighted by molar-refractivity contribution is 5.93. The molecule has 1 heterocycles. The third kappa shape index (κ3) is 2.67. The van der Waals surface area contributed by atoms with Gasteiger partial charge in [-0.15, -0.1) is 0 Å². The highest BCUT2D eigenvalue weighted by Gasteiger charge is 2.37. The molecule has 1 aliphatic rings. The second-order valence-electron chi connectivity index (χ2n) is 5.70. The van der Waals surface area contributed by atoms with Crippen molar-refractivity contribution in [3.8, 4) is 0 Å². The van der Waals surface area contributed by atoms with Crippen molar-refractivity contribution in [2.75, 3.05) is 5.32 Å². The van der Waals surface area contributed by atoms with Gasteiger partial charge in [0, 0.05) is 5.69 Å². The summed E-state index contributed by atoms with van der Waals surface area (Å²) in [5.41, 5.74) is -0.200. The van der Waals surface area contributed by atoms with Crippen molar-refractivity contribution in [3.05, 3.63) is 29.3 Å². The molecule has 1 atom stereocenters. The minimum absolute atomic E-state index is 0.378. The fraction of sp³-hybridized carbons (Fsp3) is 0.462. The molecular weight excluding hydrogens is 257 g/mol. The Labute approximate surface area is 109 Å². The van der Waals surface area contributed by atoms with E-state index in [1.807, 2.05) is 20.8 Å². The van der Waals surface area contributed by atoms with E-state index >= 15 is 0 Å². The molecule has 0 spiro atoms. The van der Waals surface area contributed by atoms with Crippen LogP contribution in [-0.2, 0) is 6.18 Å². The van der Waals surface area contributed by atoms with E-state index in [9.17, 15) is 18.0 Å². The first-order valence-corrected chi connectivity index (χ1v) is 5.88. The average Bonchev–Trinajstić information content (AvgIpc) is 2.24. The van der Waals surface area contributed by atoms with Crippen molar-refractivity contribution in [1.29, 1.82) is 0 Å². The summed E-state index contributed by atoms with van der Waals surface area (Å²) in [6.45, 7) is 5.61. The highest BCUT2D eigenvalue weighted by atomic mass is 19.4. The van der Waals surface area contributed by atoms with Crippen molar-refractivity contribution in [2.24, 2.45) is 5.41 Å². The number of urea groups is 1. The van der Waals surface area contributed by atoms with Crippen LogP contribution in [0.25, 0.3) is 0 Å². The van der Waals surface area contributed by atoms with Gasteiger partial charge in [0.25, 0.3) is 0 Å². The molecule has 1 aromatic carbocycles. The van der Waals surface area contributed by atoms with Gasteiger partial charge in [0.15, 0.2) is 0 Å². The second-order valence-corrected chi connectivity index (χ2v) is 5.70. The number of hydrogen-bond acceptors (Lipinski definition) is 1. The van der Waals surface area contributed by atoms with Crippen LogP contribution in [0.15, 0.2) is 18.2 Å². The number of alkyl halides is 3. The third-order valence-electron chi connectivity index (χ3n) is 3.08. The lowest BCUT2D eigenvalue weighted by atomic mass is 9.80. The second kappa shape index (κ2) is 4.15. The standard InChI is InChI=1S/C13H15F3N2O/c1-12(2,3)10-8-6-7(13(14,15)16)4-5-9(8)17-11(19)18-10/h4-6,10H,1-3H3,(H2,17,18,19). The first-order chi connectivity index (χ1) is 8.59. The molecule has 0 radical (unpaired) electrons. The van der Waals surface area contributed by atoms with Gasteiger partial charge in [0.1, 0.15) is 0 Å². The van der Waals surface area contributed by atoms with Gasteiger partial charge in [-0.05, 0) is 29.2 Å². The van der Waals surface area contributed by atoms with Gasteiger partial charge in [0.2, 0.25) is 0 Å². The Hall–Kier alpha value is -1.72. The molecule has 0 saturated heterocycles. The summed E-state index contributed by atoms with van der Waals surface area (Å²) >= 11 is 0. The minimum Gasteiger partial charge on any atom is -0.330 e. The summed E-state index contributed by atoms with van der Waals surface area (Å²) in [6, 6.07) is 2.52. The predicted molar refractivity (Wildman–Crippen MR) is 65.8 cm³/mol. The SMILES string of the molecule is CC(C)(C)C1NC(=O)Nc2ccc(C(F)(F)F)cc21. The van der Waals surface area contributed by atoms with E-state index in [0.717, 1.165) is 12.1 Å². The summed E-state index contributed by atoms with van der Waals surface area (Å²) < 4.78 is 38.3. The van der Waals surface area contributed by atoms with Crippen molar-refractivity contribution in [2.45, 2.75) is 33.0 Å². The number of benzene rings is 1. The van der Waals surface area contributed by atoms with Gasteiger partial charge in [-0.3, -0.25) is 0 Å². The molecule has 0 fully saturated rings. The van der Waals surface area contributed by atoms with Gasteiger partial charge in [-0.1, -0.05) is 20.8 Å². The molecule has 0 aromatic heterocycles. The summed E-state index contributed by atoms with van der Waals surface area (Å²) in [6.07, 6.45) is -4.39. The third-order valence-corrected chi connectivity index (χ3v) is 3.08. The number of rotatable bonds is 0. The molecule has 2 rings (SSSR count). The lowest BCUT2D eigenvalue weighted by Gasteiger charge is -2.36. The summed E-state index contributed by atoms with van der Waals surface area (Å²) in [5.74, 6) is 0. The molecule has 6 heteroatoms. The topological polar surface area (TPSA) is 41.1 Å². The Kier molecular flexibility index (Phi) is 2.99. The number of halogens is 3. The molecule has 0 bridgehead atoms. The Morgan fingerprint density at radius 3 is 2.32 bits per heavy atom. The van der Waals surface area contributed by atoms with E-state index in [-0.39, 0.29) is 5.41 Å². The number of amides is 2. The zero-order valence-corrected chi connectivity index (χ0v) is 10.9. The fourth-order valence-corrected chi connectivity index (χ4v) is 2.14. The zero-order valence-electron chi connectivity index (χ0n) is 10.9. The Bertz CT molecular complexity index is 518. The van der Waals surface area contributed by atoms with Crippen LogP contribution in [0.3, 0.4) is 0 Å². The largest absolute Gasteiger partial charge is 0.416 e. The summed E-state index contributed by atoms with van der Waals surface area (Å²) in [7, 11) is 0. The smallest absolute Gasteiger partial charge is 0.330 e. The van der Waals surface area contributed by atoms with Crippen molar-refractivity contribution >= 4 is 11.7 Å². The van der Waals surface area contributed by atoms with Gasteiger partial charge >= 0.3 is 12.2 Å². The zero-order chi connectivity index (χ0) is 14.4. The summed E-state index contributed by atoms with van der Waals surface area (Å²) in [5, 5.41) is 5.20. The first-order valence-electron chi connectivity index (χ1n) is 5.88. The maximum Gasteiger partial charge on any atom is 0.416 e. The maximum atomic E-state index is 12.8. The normalized spacial score (nSPS) is 19.5.